The van der Waals surface area contributed by atoms with Crippen molar-refractivity contribution in [3.63, 3.8) is 0 Å². The van der Waals surface area contributed by atoms with Crippen LogP contribution in [0.4, 0.5) is 0 Å². The van der Waals surface area contributed by atoms with Gasteiger partial charge in [0.15, 0.2) is 11.5 Å². The van der Waals surface area contributed by atoms with Gasteiger partial charge in [-0.2, -0.15) is 0 Å². The van der Waals surface area contributed by atoms with Crippen LogP contribution in [-0.4, -0.2) is 13.2 Å². The Morgan fingerprint density at radius 1 is 1.42 bits per heavy atom. The van der Waals surface area contributed by atoms with Gasteiger partial charge in [-0.25, -0.2) is 0 Å². The third kappa shape index (κ3) is 2.16. The zero-order valence-electron chi connectivity index (χ0n) is 7.59. The molecular weight excluding hydrogens is 152 g/mol. The van der Waals surface area contributed by atoms with Crippen LogP contribution in [0.5, 0.6) is 0 Å². The molecule has 0 saturated carbocycles. The van der Waals surface area contributed by atoms with E-state index in [1.807, 2.05) is 26.0 Å². The quantitative estimate of drug-likeness (QED) is 0.595. The Hall–Kier alpha value is -1.18. The third-order valence-electron chi connectivity index (χ3n) is 1.71. The molecule has 1 heterocycles. The smallest absolute Gasteiger partial charge is 0.160 e. The highest BCUT2D eigenvalue weighted by molar-refractivity contribution is 5.27. The highest BCUT2D eigenvalue weighted by Crippen LogP contribution is 2.17. The third-order valence-corrected chi connectivity index (χ3v) is 1.71. The monoisotopic (exact) mass is 166 g/mol. The fraction of sp³-hybridized carbons (Fsp3) is 0.400. The molecule has 1 aliphatic heterocycles. The molecule has 2 nitrogen and oxygen atoms in total. The molecule has 1 aliphatic rings. The second kappa shape index (κ2) is 4.00. The molecule has 12 heavy (non-hydrogen) atoms. The maximum Gasteiger partial charge on any atom is 0.160 e. The molecule has 0 aromatic rings. The van der Waals surface area contributed by atoms with Crippen molar-refractivity contribution in [3.05, 3.63) is 35.8 Å². The first-order chi connectivity index (χ1) is 5.74. The van der Waals surface area contributed by atoms with E-state index in [0.717, 1.165) is 11.3 Å². The Bertz CT molecular complexity index is 236. The minimum Gasteiger partial charge on any atom is -0.487 e. The molecule has 0 radical (unpaired) electrons. The predicted molar refractivity (Wildman–Crippen MR) is 48.6 cm³/mol. The van der Waals surface area contributed by atoms with E-state index in [9.17, 15) is 0 Å². The number of hydrogen-bond donors (Lipinski definition) is 0. The molecule has 0 aliphatic carbocycles. The molecule has 0 amide bonds. The van der Waals surface area contributed by atoms with Crippen LogP contribution in [0, 0.1) is 0 Å². The van der Waals surface area contributed by atoms with Gasteiger partial charge in [0, 0.05) is 0 Å². The lowest BCUT2D eigenvalue weighted by atomic mass is 10.2. The summed E-state index contributed by atoms with van der Waals surface area (Å²) in [5.41, 5.74) is 1.15. The lowest BCUT2D eigenvalue weighted by Crippen LogP contribution is -2.13. The van der Waals surface area contributed by atoms with Crippen LogP contribution in [0.1, 0.15) is 13.8 Å². The van der Waals surface area contributed by atoms with Crippen molar-refractivity contribution in [2.24, 2.45) is 0 Å². The standard InChI is InChI=1S/C10H14O2/c1-4-8(2)7-10-9(3)11-5-6-12-10/h4,7H,3,5-6H2,1-2H3/b8-4-,10-7+. The molecule has 0 N–H and O–H groups in total. The number of rotatable bonds is 1. The first kappa shape index (κ1) is 8.91. The van der Waals surface area contributed by atoms with Crippen molar-refractivity contribution in [1.82, 2.24) is 0 Å². The molecule has 1 fully saturated rings. The van der Waals surface area contributed by atoms with Crippen molar-refractivity contribution in [2.45, 2.75) is 13.8 Å². The van der Waals surface area contributed by atoms with Crippen LogP contribution in [0.3, 0.4) is 0 Å². The van der Waals surface area contributed by atoms with E-state index in [1.165, 1.54) is 0 Å². The maximum atomic E-state index is 5.36. The highest BCUT2D eigenvalue weighted by atomic mass is 16.6. The summed E-state index contributed by atoms with van der Waals surface area (Å²) in [6.45, 7) is 8.95. The summed E-state index contributed by atoms with van der Waals surface area (Å²) in [5.74, 6) is 1.37. The normalized spacial score (nSPS) is 22.0. The second-order valence-corrected chi connectivity index (χ2v) is 2.66. The molecule has 2 heteroatoms. The lowest BCUT2D eigenvalue weighted by molar-refractivity contribution is 0.0604. The maximum absolute atomic E-state index is 5.36. The molecule has 66 valence electrons. The molecule has 0 aromatic carbocycles. The van der Waals surface area contributed by atoms with Gasteiger partial charge in [0.05, 0.1) is 0 Å². The minimum absolute atomic E-state index is 0.602. The Morgan fingerprint density at radius 2 is 2.08 bits per heavy atom. The Labute approximate surface area is 73.2 Å². The van der Waals surface area contributed by atoms with Gasteiger partial charge in [-0.1, -0.05) is 18.2 Å². The van der Waals surface area contributed by atoms with Crippen molar-refractivity contribution < 1.29 is 9.47 Å². The SMILES string of the molecule is C=C1OCCO/C1=C/C(C)=C\C. The Kier molecular flexibility index (Phi) is 2.97. The van der Waals surface area contributed by atoms with E-state index < -0.39 is 0 Å². The molecule has 0 unspecified atom stereocenters. The van der Waals surface area contributed by atoms with Crippen LogP contribution >= 0.6 is 0 Å². The lowest BCUT2D eigenvalue weighted by Gasteiger charge is -2.19. The summed E-state index contributed by atoms with van der Waals surface area (Å²) in [6.07, 6.45) is 3.94. The first-order valence-electron chi connectivity index (χ1n) is 4.03. The van der Waals surface area contributed by atoms with E-state index in [4.69, 9.17) is 9.47 Å². The number of hydrogen-bond acceptors (Lipinski definition) is 2. The van der Waals surface area contributed by atoms with Gasteiger partial charge in [-0.15, -0.1) is 0 Å². The first-order valence-corrected chi connectivity index (χ1v) is 4.03. The summed E-state index contributed by atoms with van der Waals surface area (Å²) < 4.78 is 10.6. The number of ether oxygens (including phenoxy) is 2. The molecule has 1 rings (SSSR count). The molecular formula is C10H14O2. The largest absolute Gasteiger partial charge is 0.487 e. The zero-order valence-corrected chi connectivity index (χ0v) is 7.59. The Balaban J connectivity index is 2.71. The second-order valence-electron chi connectivity index (χ2n) is 2.66. The van der Waals surface area contributed by atoms with Gasteiger partial charge >= 0.3 is 0 Å². The van der Waals surface area contributed by atoms with Crippen LogP contribution in [0.15, 0.2) is 35.8 Å². The van der Waals surface area contributed by atoms with Crippen LogP contribution < -0.4 is 0 Å². The van der Waals surface area contributed by atoms with E-state index in [1.54, 1.807) is 0 Å². The van der Waals surface area contributed by atoms with Gasteiger partial charge in [0.25, 0.3) is 0 Å². The molecule has 0 atom stereocenters. The van der Waals surface area contributed by atoms with Gasteiger partial charge in [0.2, 0.25) is 0 Å². The van der Waals surface area contributed by atoms with Gasteiger partial charge < -0.3 is 9.47 Å². The fourth-order valence-corrected chi connectivity index (χ4v) is 0.880. The molecule has 1 saturated heterocycles. The average Bonchev–Trinajstić information content (AvgIpc) is 2.09. The van der Waals surface area contributed by atoms with E-state index in [-0.39, 0.29) is 0 Å². The van der Waals surface area contributed by atoms with E-state index in [0.29, 0.717) is 19.0 Å². The molecule has 0 aromatic heterocycles. The van der Waals surface area contributed by atoms with Crippen molar-refractivity contribution in [1.29, 1.82) is 0 Å². The number of allylic oxidation sites excluding steroid dienone is 3. The van der Waals surface area contributed by atoms with Crippen LogP contribution in [0.25, 0.3) is 0 Å². The average molecular weight is 166 g/mol. The summed E-state index contributed by atoms with van der Waals surface area (Å²) in [7, 11) is 0. The summed E-state index contributed by atoms with van der Waals surface area (Å²) >= 11 is 0. The van der Waals surface area contributed by atoms with Gasteiger partial charge in [-0.3, -0.25) is 0 Å². The molecule has 0 bridgehead atoms. The van der Waals surface area contributed by atoms with Crippen LogP contribution in [0.2, 0.25) is 0 Å². The predicted octanol–water partition coefficient (Wildman–Crippen LogP) is 2.40. The van der Waals surface area contributed by atoms with Crippen LogP contribution in [-0.2, 0) is 9.47 Å². The minimum atomic E-state index is 0.602. The van der Waals surface area contributed by atoms with E-state index in [2.05, 4.69) is 6.58 Å². The van der Waals surface area contributed by atoms with Crippen molar-refractivity contribution in [2.75, 3.05) is 13.2 Å². The van der Waals surface area contributed by atoms with Gasteiger partial charge in [-0.05, 0) is 19.9 Å². The summed E-state index contributed by atoms with van der Waals surface area (Å²) in [5, 5.41) is 0. The van der Waals surface area contributed by atoms with Gasteiger partial charge in [0.1, 0.15) is 13.2 Å². The van der Waals surface area contributed by atoms with Crippen molar-refractivity contribution in [3.8, 4) is 0 Å². The molecule has 0 spiro atoms. The highest BCUT2D eigenvalue weighted by Gasteiger charge is 2.10. The zero-order chi connectivity index (χ0) is 8.97. The van der Waals surface area contributed by atoms with Crippen molar-refractivity contribution >= 4 is 0 Å². The fourth-order valence-electron chi connectivity index (χ4n) is 0.880. The summed E-state index contributed by atoms with van der Waals surface area (Å²) in [4.78, 5) is 0. The van der Waals surface area contributed by atoms with E-state index >= 15 is 0 Å². The topological polar surface area (TPSA) is 18.5 Å². The Morgan fingerprint density at radius 3 is 2.67 bits per heavy atom. The summed E-state index contributed by atoms with van der Waals surface area (Å²) in [6, 6.07) is 0.